The first-order valence-corrected chi connectivity index (χ1v) is 7.87. The average molecular weight is 305 g/mol. The van der Waals surface area contributed by atoms with Crippen molar-refractivity contribution in [1.82, 2.24) is 5.32 Å². The fraction of sp³-hybridized carbons (Fsp3) is 0.611. The van der Waals surface area contributed by atoms with Crippen LogP contribution in [0.15, 0.2) is 12.1 Å². The smallest absolute Gasteiger partial charge is 0.261 e. The third-order valence-electron chi connectivity index (χ3n) is 4.07. The Kier molecular flexibility index (Phi) is 4.81. The molecule has 0 aliphatic carbocycles. The van der Waals surface area contributed by atoms with Crippen LogP contribution in [0.3, 0.4) is 0 Å². The minimum absolute atomic E-state index is 0.0500. The Morgan fingerprint density at radius 1 is 1.36 bits per heavy atom. The van der Waals surface area contributed by atoms with Crippen molar-refractivity contribution in [1.29, 1.82) is 0 Å². The van der Waals surface area contributed by atoms with Gasteiger partial charge in [-0.15, -0.1) is 0 Å². The normalized spacial score (nSPS) is 18.5. The first-order chi connectivity index (χ1) is 10.2. The van der Waals surface area contributed by atoms with Crippen LogP contribution >= 0.6 is 0 Å². The molecule has 122 valence electrons. The Balaban J connectivity index is 2.00. The van der Waals surface area contributed by atoms with Crippen LogP contribution in [-0.4, -0.2) is 29.8 Å². The molecule has 22 heavy (non-hydrogen) atoms. The van der Waals surface area contributed by atoms with Crippen LogP contribution in [0.5, 0.6) is 5.75 Å². The van der Waals surface area contributed by atoms with Gasteiger partial charge in [0.2, 0.25) is 0 Å². The van der Waals surface area contributed by atoms with Crippen LogP contribution < -0.4 is 10.1 Å². The van der Waals surface area contributed by atoms with Crippen molar-refractivity contribution < 1.29 is 14.6 Å². The second kappa shape index (κ2) is 6.29. The van der Waals surface area contributed by atoms with Gasteiger partial charge in [-0.25, -0.2) is 0 Å². The highest BCUT2D eigenvalue weighted by atomic mass is 16.5. The van der Waals surface area contributed by atoms with Crippen LogP contribution in [0.1, 0.15) is 43.9 Å². The van der Waals surface area contributed by atoms with Crippen LogP contribution in [0.2, 0.25) is 0 Å². The second-order valence-corrected chi connectivity index (χ2v) is 7.51. The van der Waals surface area contributed by atoms with Gasteiger partial charge in [0.25, 0.3) is 5.91 Å². The van der Waals surface area contributed by atoms with Gasteiger partial charge >= 0.3 is 0 Å². The van der Waals surface area contributed by atoms with Gasteiger partial charge in [0.15, 0.2) is 6.10 Å². The number of fused-ring (bicyclic) bond motifs is 1. The molecule has 0 saturated heterocycles. The summed E-state index contributed by atoms with van der Waals surface area (Å²) in [5.41, 5.74) is 3.51. The summed E-state index contributed by atoms with van der Waals surface area (Å²) in [6, 6.07) is 3.86. The van der Waals surface area contributed by atoms with E-state index in [9.17, 15) is 9.90 Å². The van der Waals surface area contributed by atoms with Gasteiger partial charge in [-0.05, 0) is 48.4 Å². The SMILES string of the molecule is Cc1cc2c(cc1C)OC(C(=O)NC(CO)CC(C)(C)C)C2. The maximum atomic E-state index is 12.4. The minimum Gasteiger partial charge on any atom is -0.480 e. The standard InChI is InChI=1S/C18H27NO3/c1-11-6-13-8-16(22-15(13)7-12(11)2)17(21)19-14(10-20)9-18(3,4)5/h6-7,14,16,20H,8-10H2,1-5H3,(H,19,21). The molecule has 0 saturated carbocycles. The monoisotopic (exact) mass is 305 g/mol. The number of nitrogens with one attached hydrogen (secondary N) is 1. The molecule has 2 N–H and O–H groups in total. The topological polar surface area (TPSA) is 58.6 Å². The summed E-state index contributed by atoms with van der Waals surface area (Å²) in [7, 11) is 0. The summed E-state index contributed by atoms with van der Waals surface area (Å²) in [4.78, 5) is 12.4. The van der Waals surface area contributed by atoms with E-state index >= 15 is 0 Å². The number of hydrogen-bond donors (Lipinski definition) is 2. The predicted molar refractivity (Wildman–Crippen MR) is 87.1 cm³/mol. The van der Waals surface area contributed by atoms with Crippen molar-refractivity contribution in [3.05, 3.63) is 28.8 Å². The molecular formula is C18H27NO3. The molecule has 1 amide bonds. The van der Waals surface area contributed by atoms with Crippen molar-refractivity contribution in [2.45, 2.75) is 59.6 Å². The van der Waals surface area contributed by atoms with E-state index in [1.807, 2.05) is 13.0 Å². The van der Waals surface area contributed by atoms with Crippen molar-refractivity contribution in [3.63, 3.8) is 0 Å². The first-order valence-electron chi connectivity index (χ1n) is 7.87. The third-order valence-corrected chi connectivity index (χ3v) is 4.07. The molecule has 0 spiro atoms. The van der Waals surface area contributed by atoms with E-state index in [0.717, 1.165) is 17.7 Å². The fourth-order valence-corrected chi connectivity index (χ4v) is 2.85. The van der Waals surface area contributed by atoms with Gasteiger partial charge in [-0.1, -0.05) is 26.8 Å². The first kappa shape index (κ1) is 16.8. The van der Waals surface area contributed by atoms with Crippen LogP contribution in [0.25, 0.3) is 0 Å². The summed E-state index contributed by atoms with van der Waals surface area (Å²) < 4.78 is 5.79. The van der Waals surface area contributed by atoms with E-state index in [0.29, 0.717) is 6.42 Å². The van der Waals surface area contributed by atoms with Crippen molar-refractivity contribution in [3.8, 4) is 5.75 Å². The molecule has 2 unspecified atom stereocenters. The summed E-state index contributed by atoms with van der Waals surface area (Å²) in [6.45, 7) is 10.3. The van der Waals surface area contributed by atoms with Crippen LogP contribution in [0, 0.1) is 19.3 Å². The number of aliphatic hydroxyl groups excluding tert-OH is 1. The number of hydrogen-bond acceptors (Lipinski definition) is 3. The van der Waals surface area contributed by atoms with E-state index in [4.69, 9.17) is 4.74 Å². The van der Waals surface area contributed by atoms with E-state index < -0.39 is 6.10 Å². The lowest BCUT2D eigenvalue weighted by Crippen LogP contribution is -2.46. The lowest BCUT2D eigenvalue weighted by atomic mass is 9.88. The maximum absolute atomic E-state index is 12.4. The summed E-state index contributed by atoms with van der Waals surface area (Å²) >= 11 is 0. The predicted octanol–water partition coefficient (Wildman–Crippen LogP) is 2.52. The number of benzene rings is 1. The minimum atomic E-state index is -0.495. The molecule has 0 radical (unpaired) electrons. The zero-order chi connectivity index (χ0) is 16.5. The van der Waals surface area contributed by atoms with Gasteiger partial charge in [0, 0.05) is 6.42 Å². The van der Waals surface area contributed by atoms with Gasteiger partial charge in [-0.3, -0.25) is 4.79 Å². The number of carbonyl (C=O) groups excluding carboxylic acids is 1. The van der Waals surface area contributed by atoms with Crippen molar-refractivity contribution >= 4 is 5.91 Å². The zero-order valence-corrected chi connectivity index (χ0v) is 14.2. The van der Waals surface area contributed by atoms with Gasteiger partial charge < -0.3 is 15.2 Å². The number of rotatable bonds is 4. The Morgan fingerprint density at radius 3 is 2.59 bits per heavy atom. The molecule has 1 aromatic carbocycles. The number of ether oxygens (including phenoxy) is 1. The number of amides is 1. The summed E-state index contributed by atoms with van der Waals surface area (Å²) in [5, 5.41) is 12.4. The Morgan fingerprint density at radius 2 is 2.00 bits per heavy atom. The van der Waals surface area contributed by atoms with Crippen molar-refractivity contribution in [2.24, 2.45) is 5.41 Å². The summed E-state index contributed by atoms with van der Waals surface area (Å²) in [6.07, 6.45) is 0.827. The van der Waals surface area contributed by atoms with Crippen LogP contribution in [-0.2, 0) is 11.2 Å². The average Bonchev–Trinajstić information content (AvgIpc) is 2.79. The molecule has 2 rings (SSSR count). The zero-order valence-electron chi connectivity index (χ0n) is 14.2. The molecule has 4 heteroatoms. The highest BCUT2D eigenvalue weighted by Gasteiger charge is 2.31. The van der Waals surface area contributed by atoms with Gasteiger partial charge in [0.05, 0.1) is 12.6 Å². The molecule has 1 aliphatic heterocycles. The second-order valence-electron chi connectivity index (χ2n) is 7.51. The molecule has 2 atom stereocenters. The highest BCUT2D eigenvalue weighted by molar-refractivity contribution is 5.82. The summed E-state index contributed by atoms with van der Waals surface area (Å²) in [5.74, 6) is 0.662. The Bertz CT molecular complexity index is 529. The Hall–Kier alpha value is -1.55. The number of carbonyl (C=O) groups is 1. The lowest BCUT2D eigenvalue weighted by molar-refractivity contribution is -0.128. The maximum Gasteiger partial charge on any atom is 0.261 e. The molecule has 0 aromatic heterocycles. The third kappa shape index (κ3) is 4.01. The molecule has 0 fully saturated rings. The number of aliphatic hydroxyl groups is 1. The highest BCUT2D eigenvalue weighted by Crippen LogP contribution is 2.31. The molecule has 1 heterocycles. The number of aryl methyl sites for hydroxylation is 2. The van der Waals surface area contributed by atoms with E-state index in [-0.39, 0.29) is 24.0 Å². The van der Waals surface area contributed by atoms with Gasteiger partial charge in [-0.2, -0.15) is 0 Å². The molecule has 0 bridgehead atoms. The van der Waals surface area contributed by atoms with Crippen LogP contribution in [0.4, 0.5) is 0 Å². The van der Waals surface area contributed by atoms with Crippen molar-refractivity contribution in [2.75, 3.05) is 6.61 Å². The molecule has 4 nitrogen and oxygen atoms in total. The van der Waals surface area contributed by atoms with E-state index in [1.54, 1.807) is 0 Å². The molecule has 1 aromatic rings. The largest absolute Gasteiger partial charge is 0.480 e. The van der Waals surface area contributed by atoms with E-state index in [1.165, 1.54) is 11.1 Å². The lowest BCUT2D eigenvalue weighted by Gasteiger charge is -2.26. The quantitative estimate of drug-likeness (QED) is 0.898. The molecule has 1 aliphatic rings. The Labute approximate surface area is 132 Å². The van der Waals surface area contributed by atoms with E-state index in [2.05, 4.69) is 39.1 Å². The fourth-order valence-electron chi connectivity index (χ4n) is 2.85. The molecular weight excluding hydrogens is 278 g/mol. The van der Waals surface area contributed by atoms with Gasteiger partial charge in [0.1, 0.15) is 5.75 Å².